The molecule has 0 aliphatic rings. The van der Waals surface area contributed by atoms with Gasteiger partial charge >= 0.3 is 0 Å². The molecule has 0 amide bonds. The molecule has 84 valence electrons. The largest absolute Gasteiger partial charge is 0.318 e. The molecule has 1 heteroatoms. The molecule has 1 heterocycles. The molecule has 0 atom stereocenters. The van der Waals surface area contributed by atoms with Gasteiger partial charge in [-0.2, -0.15) is 0 Å². The van der Waals surface area contributed by atoms with Crippen LogP contribution in [-0.4, -0.2) is 4.57 Å². The van der Waals surface area contributed by atoms with Gasteiger partial charge in [0.1, 0.15) is 0 Å². The first kappa shape index (κ1) is 11.0. The Balaban J connectivity index is 2.35. The molecule has 2 aromatic rings. The van der Waals surface area contributed by atoms with Crippen LogP contribution in [0.15, 0.2) is 42.5 Å². The van der Waals surface area contributed by atoms with Crippen molar-refractivity contribution in [2.24, 2.45) is 0 Å². The van der Waals surface area contributed by atoms with Gasteiger partial charge in [-0.3, -0.25) is 0 Å². The minimum Gasteiger partial charge on any atom is -0.318 e. The van der Waals surface area contributed by atoms with Crippen LogP contribution in [0.5, 0.6) is 0 Å². The Morgan fingerprint density at radius 2 is 1.75 bits per heavy atom. The van der Waals surface area contributed by atoms with Crippen molar-refractivity contribution in [3.05, 3.63) is 53.9 Å². The van der Waals surface area contributed by atoms with Crippen molar-refractivity contribution in [1.82, 2.24) is 4.57 Å². The zero-order chi connectivity index (χ0) is 11.4. The maximum atomic E-state index is 2.36. The van der Waals surface area contributed by atoms with Crippen LogP contribution in [0, 0.1) is 6.92 Å². The molecular formula is C15H19N. The first-order valence-electron chi connectivity index (χ1n) is 6.05. The minimum atomic E-state index is 1.17. The third-order valence-corrected chi connectivity index (χ3v) is 2.96. The summed E-state index contributed by atoms with van der Waals surface area (Å²) in [5, 5.41) is 0. The number of rotatable bonds is 4. The summed E-state index contributed by atoms with van der Waals surface area (Å²) in [5.74, 6) is 0. The molecule has 0 bridgehead atoms. The molecule has 2 rings (SSSR count). The Kier molecular flexibility index (Phi) is 3.45. The van der Waals surface area contributed by atoms with E-state index in [0.29, 0.717) is 0 Å². The first-order chi connectivity index (χ1) is 7.83. The van der Waals surface area contributed by atoms with E-state index in [0.717, 1.165) is 0 Å². The maximum Gasteiger partial charge on any atom is 0.0455 e. The number of hydrogen-bond acceptors (Lipinski definition) is 0. The van der Waals surface area contributed by atoms with E-state index in [1.807, 2.05) is 0 Å². The first-order valence-corrected chi connectivity index (χ1v) is 6.05. The molecule has 1 nitrogen and oxygen atoms in total. The van der Waals surface area contributed by atoms with Crippen LogP contribution in [0.1, 0.15) is 31.2 Å². The standard InChI is InChI=1S/C15H19N/c1-3-4-8-15-12-11-13(2)16(15)14-9-6-5-7-10-14/h5-7,9-12H,3-4,8H2,1-2H3. The van der Waals surface area contributed by atoms with E-state index in [-0.39, 0.29) is 0 Å². The van der Waals surface area contributed by atoms with E-state index in [2.05, 4.69) is 60.9 Å². The fourth-order valence-electron chi connectivity index (χ4n) is 2.09. The van der Waals surface area contributed by atoms with Gasteiger partial charge in [-0.15, -0.1) is 0 Å². The van der Waals surface area contributed by atoms with Gasteiger partial charge in [0.2, 0.25) is 0 Å². The Hall–Kier alpha value is -1.50. The van der Waals surface area contributed by atoms with E-state index in [1.54, 1.807) is 0 Å². The lowest BCUT2D eigenvalue weighted by molar-refractivity contribution is 0.755. The predicted molar refractivity (Wildman–Crippen MR) is 69.1 cm³/mol. The number of hydrogen-bond donors (Lipinski definition) is 0. The maximum absolute atomic E-state index is 2.36. The average Bonchev–Trinajstić information content (AvgIpc) is 2.69. The second-order valence-electron chi connectivity index (χ2n) is 4.24. The molecule has 0 unspecified atom stereocenters. The third-order valence-electron chi connectivity index (χ3n) is 2.96. The lowest BCUT2D eigenvalue weighted by Gasteiger charge is -2.11. The van der Waals surface area contributed by atoms with Crippen molar-refractivity contribution in [1.29, 1.82) is 0 Å². The van der Waals surface area contributed by atoms with Gasteiger partial charge < -0.3 is 4.57 Å². The number of aryl methyl sites for hydroxylation is 2. The monoisotopic (exact) mass is 213 g/mol. The number of nitrogens with zero attached hydrogens (tertiary/aromatic N) is 1. The molecule has 0 saturated heterocycles. The fraction of sp³-hybridized carbons (Fsp3) is 0.333. The topological polar surface area (TPSA) is 4.93 Å². The van der Waals surface area contributed by atoms with Crippen molar-refractivity contribution in [3.63, 3.8) is 0 Å². The molecule has 0 aliphatic heterocycles. The van der Waals surface area contributed by atoms with Crippen LogP contribution in [-0.2, 0) is 6.42 Å². The summed E-state index contributed by atoms with van der Waals surface area (Å²) in [5.41, 5.74) is 4.01. The summed E-state index contributed by atoms with van der Waals surface area (Å²) in [6.07, 6.45) is 3.68. The highest BCUT2D eigenvalue weighted by Crippen LogP contribution is 2.18. The van der Waals surface area contributed by atoms with Gasteiger partial charge in [-0.25, -0.2) is 0 Å². The highest BCUT2D eigenvalue weighted by molar-refractivity contribution is 5.37. The summed E-state index contributed by atoms with van der Waals surface area (Å²) in [6.45, 7) is 4.41. The molecule has 16 heavy (non-hydrogen) atoms. The normalized spacial score (nSPS) is 10.6. The van der Waals surface area contributed by atoms with Crippen molar-refractivity contribution in [3.8, 4) is 5.69 Å². The van der Waals surface area contributed by atoms with Gasteiger partial charge in [0.15, 0.2) is 0 Å². The Bertz CT molecular complexity index is 440. The smallest absolute Gasteiger partial charge is 0.0455 e. The average molecular weight is 213 g/mol. The quantitative estimate of drug-likeness (QED) is 0.719. The second-order valence-corrected chi connectivity index (χ2v) is 4.24. The molecule has 0 radical (unpaired) electrons. The van der Waals surface area contributed by atoms with E-state index in [4.69, 9.17) is 0 Å². The molecule has 0 spiro atoms. The molecule has 0 saturated carbocycles. The Morgan fingerprint density at radius 3 is 2.44 bits per heavy atom. The van der Waals surface area contributed by atoms with Crippen molar-refractivity contribution < 1.29 is 0 Å². The van der Waals surface area contributed by atoms with Crippen LogP contribution >= 0.6 is 0 Å². The predicted octanol–water partition coefficient (Wildman–Crippen LogP) is 4.13. The van der Waals surface area contributed by atoms with Crippen molar-refractivity contribution >= 4 is 0 Å². The number of benzene rings is 1. The Labute approximate surface area is 97.7 Å². The zero-order valence-corrected chi connectivity index (χ0v) is 10.1. The van der Waals surface area contributed by atoms with Gasteiger partial charge in [0.25, 0.3) is 0 Å². The van der Waals surface area contributed by atoms with E-state index in [1.165, 1.54) is 36.3 Å². The second kappa shape index (κ2) is 5.02. The van der Waals surface area contributed by atoms with Gasteiger partial charge in [-0.05, 0) is 44.0 Å². The van der Waals surface area contributed by atoms with Gasteiger partial charge in [-0.1, -0.05) is 31.5 Å². The van der Waals surface area contributed by atoms with Crippen LogP contribution in [0.25, 0.3) is 5.69 Å². The number of aromatic nitrogens is 1. The molecule has 0 fully saturated rings. The van der Waals surface area contributed by atoms with E-state index >= 15 is 0 Å². The molecule has 0 N–H and O–H groups in total. The van der Waals surface area contributed by atoms with E-state index < -0.39 is 0 Å². The van der Waals surface area contributed by atoms with E-state index in [9.17, 15) is 0 Å². The Morgan fingerprint density at radius 1 is 1.00 bits per heavy atom. The summed E-state index contributed by atoms with van der Waals surface area (Å²) in [7, 11) is 0. The highest BCUT2D eigenvalue weighted by atomic mass is 15.0. The van der Waals surface area contributed by atoms with Crippen LogP contribution in [0.2, 0.25) is 0 Å². The summed E-state index contributed by atoms with van der Waals surface area (Å²) < 4.78 is 2.36. The van der Waals surface area contributed by atoms with Crippen LogP contribution < -0.4 is 0 Å². The van der Waals surface area contributed by atoms with Crippen LogP contribution in [0.3, 0.4) is 0 Å². The molecular weight excluding hydrogens is 194 g/mol. The lowest BCUT2D eigenvalue weighted by Crippen LogP contribution is -2.01. The molecule has 0 aliphatic carbocycles. The molecule has 1 aromatic heterocycles. The SMILES string of the molecule is CCCCc1ccc(C)n1-c1ccccc1. The summed E-state index contributed by atoms with van der Waals surface area (Å²) >= 11 is 0. The number of unbranched alkanes of at least 4 members (excludes halogenated alkanes) is 1. The van der Waals surface area contributed by atoms with Crippen molar-refractivity contribution in [2.45, 2.75) is 33.1 Å². The molecule has 1 aromatic carbocycles. The summed E-state index contributed by atoms with van der Waals surface area (Å²) in [4.78, 5) is 0. The van der Waals surface area contributed by atoms with Gasteiger partial charge in [0, 0.05) is 17.1 Å². The fourth-order valence-corrected chi connectivity index (χ4v) is 2.09. The third kappa shape index (κ3) is 2.19. The lowest BCUT2D eigenvalue weighted by atomic mass is 10.2. The van der Waals surface area contributed by atoms with Gasteiger partial charge in [0.05, 0.1) is 0 Å². The van der Waals surface area contributed by atoms with Crippen molar-refractivity contribution in [2.75, 3.05) is 0 Å². The summed E-state index contributed by atoms with van der Waals surface area (Å²) in [6, 6.07) is 15.0. The van der Waals surface area contributed by atoms with Crippen LogP contribution in [0.4, 0.5) is 0 Å². The zero-order valence-electron chi connectivity index (χ0n) is 10.1. The minimum absolute atomic E-state index is 1.17. The highest BCUT2D eigenvalue weighted by Gasteiger charge is 2.05. The number of para-hydroxylation sites is 1.